The minimum absolute atomic E-state index is 0.249. The van der Waals surface area contributed by atoms with Gasteiger partial charge in [-0.2, -0.15) is 0 Å². The lowest BCUT2D eigenvalue weighted by atomic mass is 10.2. The maximum atomic E-state index is 11.5. The average Bonchev–Trinajstić information content (AvgIpc) is 2.83. The molecule has 1 N–H and O–H groups in total. The van der Waals surface area contributed by atoms with Crippen LogP contribution in [-0.2, 0) is 22.8 Å². The van der Waals surface area contributed by atoms with Crippen LogP contribution in [0.15, 0.2) is 0 Å². The van der Waals surface area contributed by atoms with Crippen LogP contribution in [0, 0.1) is 0 Å². The molecule has 1 aromatic heterocycles. The third-order valence-corrected chi connectivity index (χ3v) is 6.35. The van der Waals surface area contributed by atoms with Crippen LogP contribution in [0.2, 0.25) is 0 Å². The van der Waals surface area contributed by atoms with Gasteiger partial charge in [-0.25, -0.2) is 13.4 Å². The van der Waals surface area contributed by atoms with Crippen LogP contribution in [0.4, 0.5) is 5.13 Å². The molecule has 1 saturated heterocycles. The van der Waals surface area contributed by atoms with Crippen molar-refractivity contribution in [2.75, 3.05) is 36.0 Å². The Morgan fingerprint density at radius 1 is 1.24 bits per heavy atom. The van der Waals surface area contributed by atoms with E-state index in [4.69, 9.17) is 4.98 Å². The maximum Gasteiger partial charge on any atom is 0.185 e. The molecule has 2 heterocycles. The number of aromatic nitrogens is 1. The number of sulfone groups is 1. The summed E-state index contributed by atoms with van der Waals surface area (Å²) in [5.41, 5.74) is 1.18. The van der Waals surface area contributed by atoms with E-state index in [1.165, 1.54) is 10.6 Å². The first kappa shape index (κ1) is 16.7. The van der Waals surface area contributed by atoms with Crippen molar-refractivity contribution in [3.05, 3.63) is 10.6 Å². The van der Waals surface area contributed by atoms with Gasteiger partial charge in [-0.15, -0.1) is 11.3 Å². The number of rotatable bonds is 7. The van der Waals surface area contributed by atoms with Gasteiger partial charge >= 0.3 is 0 Å². The molecular formula is C14H25N3O2S2. The summed E-state index contributed by atoms with van der Waals surface area (Å²) < 4.78 is 23.0. The predicted molar refractivity (Wildman–Crippen MR) is 89.0 cm³/mol. The first-order chi connectivity index (χ1) is 10.1. The highest BCUT2D eigenvalue weighted by Gasteiger charge is 2.24. The minimum atomic E-state index is -2.83. The molecule has 0 unspecified atom stereocenters. The van der Waals surface area contributed by atoms with Gasteiger partial charge in [0.1, 0.15) is 0 Å². The van der Waals surface area contributed by atoms with Gasteiger partial charge in [0, 0.05) is 24.5 Å². The molecule has 120 valence electrons. The number of nitrogens with zero attached hydrogens (tertiary/aromatic N) is 2. The number of anilines is 1. The van der Waals surface area contributed by atoms with Crippen molar-refractivity contribution < 1.29 is 8.42 Å². The molecule has 5 nitrogen and oxygen atoms in total. The topological polar surface area (TPSA) is 62.3 Å². The zero-order valence-electron chi connectivity index (χ0n) is 12.9. The van der Waals surface area contributed by atoms with Gasteiger partial charge in [-0.3, -0.25) is 0 Å². The fourth-order valence-electron chi connectivity index (χ4n) is 2.36. The summed E-state index contributed by atoms with van der Waals surface area (Å²) >= 11 is 1.71. The zero-order chi connectivity index (χ0) is 15.3. The second kappa shape index (κ2) is 7.56. The molecule has 7 heteroatoms. The van der Waals surface area contributed by atoms with Crippen LogP contribution in [-0.4, -0.2) is 44.5 Å². The standard InChI is InChI=1S/C14H25N3O2S2/c1-3-5-12-13(11-15-6-4-2)20-14(16-12)17-7-9-21(18,19)10-8-17/h15H,3-11H2,1-2H3. The molecule has 0 spiro atoms. The van der Waals surface area contributed by atoms with Crippen molar-refractivity contribution in [1.82, 2.24) is 10.3 Å². The Bertz CT molecular complexity index is 541. The van der Waals surface area contributed by atoms with Gasteiger partial charge in [-0.1, -0.05) is 20.3 Å². The van der Waals surface area contributed by atoms with E-state index in [2.05, 4.69) is 24.1 Å². The fourth-order valence-corrected chi connectivity index (χ4v) is 4.69. The fraction of sp³-hybridized carbons (Fsp3) is 0.786. The summed E-state index contributed by atoms with van der Waals surface area (Å²) in [4.78, 5) is 8.18. The second-order valence-corrected chi connectivity index (χ2v) is 8.80. The summed E-state index contributed by atoms with van der Waals surface area (Å²) in [5.74, 6) is 0.498. The van der Waals surface area contributed by atoms with E-state index in [9.17, 15) is 8.42 Å². The molecule has 0 aromatic carbocycles. The Balaban J connectivity index is 2.07. The summed E-state index contributed by atoms with van der Waals surface area (Å²) in [7, 11) is -2.83. The first-order valence-corrected chi connectivity index (χ1v) is 10.3. The highest BCUT2D eigenvalue weighted by molar-refractivity contribution is 7.91. The van der Waals surface area contributed by atoms with Crippen LogP contribution in [0.3, 0.4) is 0 Å². The number of nitrogens with one attached hydrogen (secondary N) is 1. The Kier molecular flexibility index (Phi) is 6.01. The lowest BCUT2D eigenvalue weighted by Gasteiger charge is -2.25. The summed E-state index contributed by atoms with van der Waals surface area (Å²) in [6.07, 6.45) is 3.20. The summed E-state index contributed by atoms with van der Waals surface area (Å²) in [6.45, 7) is 7.35. The average molecular weight is 332 g/mol. The van der Waals surface area contributed by atoms with Gasteiger partial charge in [0.2, 0.25) is 0 Å². The number of aryl methyl sites for hydroxylation is 1. The van der Waals surface area contributed by atoms with Crippen LogP contribution in [0.1, 0.15) is 37.3 Å². The van der Waals surface area contributed by atoms with E-state index >= 15 is 0 Å². The van der Waals surface area contributed by atoms with E-state index in [1.807, 2.05) is 0 Å². The predicted octanol–water partition coefficient (Wildman–Crippen LogP) is 1.83. The van der Waals surface area contributed by atoms with Gasteiger partial charge < -0.3 is 10.2 Å². The van der Waals surface area contributed by atoms with Crippen molar-refractivity contribution in [2.24, 2.45) is 0 Å². The van der Waals surface area contributed by atoms with Crippen molar-refractivity contribution >= 4 is 26.3 Å². The smallest absolute Gasteiger partial charge is 0.185 e. The lowest BCUT2D eigenvalue weighted by Crippen LogP contribution is -2.40. The molecule has 0 bridgehead atoms. The Hall–Kier alpha value is -0.660. The van der Waals surface area contributed by atoms with E-state index < -0.39 is 9.84 Å². The van der Waals surface area contributed by atoms with Gasteiger partial charge in [-0.05, 0) is 19.4 Å². The molecule has 0 aliphatic carbocycles. The van der Waals surface area contributed by atoms with Crippen molar-refractivity contribution in [3.8, 4) is 0 Å². The molecule has 1 aromatic rings. The van der Waals surface area contributed by atoms with E-state index in [0.717, 1.165) is 37.5 Å². The van der Waals surface area contributed by atoms with E-state index in [1.54, 1.807) is 11.3 Å². The minimum Gasteiger partial charge on any atom is -0.346 e. The molecular weight excluding hydrogens is 306 g/mol. The number of hydrogen-bond acceptors (Lipinski definition) is 6. The molecule has 1 aliphatic heterocycles. The summed E-state index contributed by atoms with van der Waals surface area (Å²) in [6, 6.07) is 0. The molecule has 0 atom stereocenters. The monoisotopic (exact) mass is 331 g/mol. The molecule has 1 fully saturated rings. The van der Waals surface area contributed by atoms with Gasteiger partial charge in [0.15, 0.2) is 15.0 Å². The van der Waals surface area contributed by atoms with Crippen LogP contribution >= 0.6 is 11.3 Å². The second-order valence-electron chi connectivity index (χ2n) is 5.43. The van der Waals surface area contributed by atoms with Crippen molar-refractivity contribution in [1.29, 1.82) is 0 Å². The molecule has 0 saturated carbocycles. The third-order valence-electron chi connectivity index (χ3n) is 3.58. The molecule has 0 radical (unpaired) electrons. The Labute approximate surface area is 131 Å². The van der Waals surface area contributed by atoms with E-state index in [-0.39, 0.29) is 11.5 Å². The highest BCUT2D eigenvalue weighted by Crippen LogP contribution is 2.28. The SMILES string of the molecule is CCCNCc1sc(N2CCS(=O)(=O)CC2)nc1CCC. The van der Waals surface area contributed by atoms with Crippen molar-refractivity contribution in [3.63, 3.8) is 0 Å². The normalized spacial score (nSPS) is 18.1. The lowest BCUT2D eigenvalue weighted by molar-refractivity contribution is 0.586. The third kappa shape index (κ3) is 4.66. The largest absolute Gasteiger partial charge is 0.346 e. The molecule has 0 amide bonds. The molecule has 21 heavy (non-hydrogen) atoms. The highest BCUT2D eigenvalue weighted by atomic mass is 32.2. The van der Waals surface area contributed by atoms with E-state index in [0.29, 0.717) is 13.1 Å². The summed E-state index contributed by atoms with van der Waals surface area (Å²) in [5, 5.41) is 4.42. The quantitative estimate of drug-likeness (QED) is 0.772. The molecule has 2 rings (SSSR count). The van der Waals surface area contributed by atoms with Crippen LogP contribution in [0.25, 0.3) is 0 Å². The van der Waals surface area contributed by atoms with Gasteiger partial charge in [0.25, 0.3) is 0 Å². The maximum absolute atomic E-state index is 11.5. The number of hydrogen-bond donors (Lipinski definition) is 1. The van der Waals surface area contributed by atoms with Crippen LogP contribution in [0.5, 0.6) is 0 Å². The Morgan fingerprint density at radius 3 is 2.57 bits per heavy atom. The number of thiazole rings is 1. The molecule has 1 aliphatic rings. The zero-order valence-corrected chi connectivity index (χ0v) is 14.5. The van der Waals surface area contributed by atoms with Gasteiger partial charge in [0.05, 0.1) is 17.2 Å². The van der Waals surface area contributed by atoms with Crippen molar-refractivity contribution in [2.45, 2.75) is 39.7 Å². The first-order valence-electron chi connectivity index (χ1n) is 7.70. The Morgan fingerprint density at radius 2 is 1.95 bits per heavy atom. The van der Waals surface area contributed by atoms with Crippen LogP contribution < -0.4 is 10.2 Å².